The summed E-state index contributed by atoms with van der Waals surface area (Å²) in [5, 5.41) is 16.3. The van der Waals surface area contributed by atoms with Gasteiger partial charge in [0, 0.05) is 23.7 Å². The lowest BCUT2D eigenvalue weighted by Gasteiger charge is -2.12. The SMILES string of the molecule is O=C(O)CNC(=O)OC[n+]1cccc(CNC(=O)Nc2ccc(OCCc3ccccc3-c3ccccc3)cc2)c1. The van der Waals surface area contributed by atoms with Crippen LogP contribution in [0.25, 0.3) is 11.1 Å². The van der Waals surface area contributed by atoms with E-state index in [1.807, 2.05) is 48.5 Å². The van der Waals surface area contributed by atoms with Gasteiger partial charge >= 0.3 is 18.1 Å². The second-order valence-electron chi connectivity index (χ2n) is 8.99. The van der Waals surface area contributed by atoms with E-state index in [4.69, 9.17) is 14.6 Å². The first kappa shape index (κ1) is 28.6. The van der Waals surface area contributed by atoms with Gasteiger partial charge in [-0.05, 0) is 47.0 Å². The summed E-state index contributed by atoms with van der Waals surface area (Å²) in [4.78, 5) is 34.4. The molecule has 4 rings (SSSR count). The Labute approximate surface area is 237 Å². The molecule has 0 saturated heterocycles. The molecule has 4 N–H and O–H groups in total. The number of aliphatic carboxylic acids is 1. The second kappa shape index (κ2) is 14.7. The van der Waals surface area contributed by atoms with Crippen molar-refractivity contribution < 1.29 is 33.5 Å². The van der Waals surface area contributed by atoms with E-state index in [0.717, 1.165) is 12.0 Å². The fourth-order valence-corrected chi connectivity index (χ4v) is 4.00. The molecule has 3 aromatic carbocycles. The lowest BCUT2D eigenvalue weighted by molar-refractivity contribution is -0.727. The molecule has 3 amide bonds. The molecule has 0 unspecified atom stereocenters. The van der Waals surface area contributed by atoms with Crippen LogP contribution in [-0.4, -0.2) is 36.4 Å². The third kappa shape index (κ3) is 9.39. The number of benzene rings is 3. The first-order valence-electron chi connectivity index (χ1n) is 13.0. The summed E-state index contributed by atoms with van der Waals surface area (Å²) in [6.45, 7) is 0.123. The summed E-state index contributed by atoms with van der Waals surface area (Å²) in [5.74, 6) is -0.456. The van der Waals surface area contributed by atoms with Crippen LogP contribution in [0.1, 0.15) is 11.1 Å². The number of hydrogen-bond donors (Lipinski definition) is 4. The predicted molar refractivity (Wildman–Crippen MR) is 152 cm³/mol. The highest BCUT2D eigenvalue weighted by atomic mass is 16.6. The van der Waals surface area contributed by atoms with Crippen molar-refractivity contribution in [3.05, 3.63) is 115 Å². The maximum Gasteiger partial charge on any atom is 0.412 e. The van der Waals surface area contributed by atoms with E-state index in [1.165, 1.54) is 16.7 Å². The van der Waals surface area contributed by atoms with Crippen LogP contribution in [0.3, 0.4) is 0 Å². The first-order chi connectivity index (χ1) is 20.0. The van der Waals surface area contributed by atoms with Crippen molar-refractivity contribution in [3.63, 3.8) is 0 Å². The number of nitrogens with zero attached hydrogens (tertiary/aromatic N) is 1. The third-order valence-electron chi connectivity index (χ3n) is 5.96. The number of ether oxygens (including phenoxy) is 2. The minimum Gasteiger partial charge on any atom is -0.493 e. The molecule has 0 aliphatic heterocycles. The van der Waals surface area contributed by atoms with Gasteiger partial charge in [-0.3, -0.25) is 4.79 Å². The molecule has 0 fully saturated rings. The molecule has 41 heavy (non-hydrogen) atoms. The number of hydrogen-bond acceptors (Lipinski definition) is 5. The van der Waals surface area contributed by atoms with Gasteiger partial charge in [-0.15, -0.1) is 0 Å². The summed E-state index contributed by atoms with van der Waals surface area (Å²) >= 11 is 0. The highest BCUT2D eigenvalue weighted by Crippen LogP contribution is 2.24. The number of amides is 3. The molecular formula is C31H31N4O6+. The quantitative estimate of drug-likeness (QED) is 0.192. The number of nitrogens with one attached hydrogen (secondary N) is 3. The Hall–Kier alpha value is -5.38. The molecule has 1 heterocycles. The van der Waals surface area contributed by atoms with Crippen LogP contribution in [0.5, 0.6) is 5.75 Å². The summed E-state index contributed by atoms with van der Waals surface area (Å²) in [7, 11) is 0. The molecule has 0 spiro atoms. The summed E-state index contributed by atoms with van der Waals surface area (Å²) in [6.07, 6.45) is 3.30. The summed E-state index contributed by atoms with van der Waals surface area (Å²) in [5.41, 5.74) is 4.98. The number of alkyl carbamates (subject to hydrolysis) is 1. The molecule has 1 aromatic heterocycles. The number of rotatable bonds is 12. The average molecular weight is 556 g/mol. The van der Waals surface area contributed by atoms with Gasteiger partial charge < -0.3 is 30.5 Å². The number of carbonyl (C=O) groups excluding carboxylic acids is 2. The van der Waals surface area contributed by atoms with Crippen LogP contribution in [0, 0.1) is 0 Å². The van der Waals surface area contributed by atoms with Crippen LogP contribution >= 0.6 is 0 Å². The Morgan fingerprint density at radius 1 is 0.829 bits per heavy atom. The molecule has 10 heteroatoms. The van der Waals surface area contributed by atoms with E-state index in [1.54, 1.807) is 35.2 Å². The van der Waals surface area contributed by atoms with E-state index >= 15 is 0 Å². The van der Waals surface area contributed by atoms with Crippen molar-refractivity contribution in [1.82, 2.24) is 10.6 Å². The lowest BCUT2D eigenvalue weighted by Crippen LogP contribution is -2.39. The van der Waals surface area contributed by atoms with Gasteiger partial charge in [0.2, 0.25) is 0 Å². The third-order valence-corrected chi connectivity index (χ3v) is 5.96. The number of pyridine rings is 1. The van der Waals surface area contributed by atoms with Gasteiger partial charge in [0.15, 0.2) is 12.4 Å². The maximum absolute atomic E-state index is 12.4. The molecule has 0 bridgehead atoms. The zero-order valence-corrected chi connectivity index (χ0v) is 22.3. The minimum atomic E-state index is -1.16. The number of anilines is 1. The molecule has 0 aliphatic rings. The van der Waals surface area contributed by atoms with E-state index in [9.17, 15) is 14.4 Å². The van der Waals surface area contributed by atoms with E-state index < -0.39 is 18.6 Å². The largest absolute Gasteiger partial charge is 0.493 e. The number of carboxylic acids is 1. The normalized spacial score (nSPS) is 10.3. The van der Waals surface area contributed by atoms with Gasteiger partial charge in [-0.1, -0.05) is 54.6 Å². The van der Waals surface area contributed by atoms with Gasteiger partial charge in [0.1, 0.15) is 12.3 Å². The number of aromatic nitrogens is 1. The topological polar surface area (TPSA) is 130 Å². The standard InChI is InChI=1S/C31H30N4O6/c36-29(37)20-33-31(39)41-22-35-17-6-7-23(21-35)19-32-30(38)34-26-12-14-27(15-13-26)40-18-16-25-10-4-5-11-28(25)24-8-2-1-3-9-24/h1-15,17,21H,16,18-20,22H2,(H3-,32,33,34,36,37,38,39)/p+1. The molecule has 0 aliphatic carbocycles. The molecule has 4 aromatic rings. The Kier molecular flexibility index (Phi) is 10.3. The molecule has 210 valence electrons. The molecule has 0 saturated carbocycles. The van der Waals surface area contributed by atoms with Crippen molar-refractivity contribution in [1.29, 1.82) is 0 Å². The number of carbonyl (C=O) groups is 3. The average Bonchev–Trinajstić information content (AvgIpc) is 3.00. The monoisotopic (exact) mass is 555 g/mol. The Bertz CT molecular complexity index is 1460. The fourth-order valence-electron chi connectivity index (χ4n) is 4.00. The van der Waals surface area contributed by atoms with Crippen LogP contribution < -0.4 is 25.3 Å². The van der Waals surface area contributed by atoms with E-state index in [-0.39, 0.29) is 19.3 Å². The highest BCUT2D eigenvalue weighted by molar-refractivity contribution is 5.89. The predicted octanol–water partition coefficient (Wildman–Crippen LogP) is 4.35. The van der Waals surface area contributed by atoms with Crippen LogP contribution in [-0.2, 0) is 29.2 Å². The number of carboxylic acid groups (broad SMARTS) is 1. The first-order valence-corrected chi connectivity index (χ1v) is 13.0. The smallest absolute Gasteiger partial charge is 0.412 e. The molecule has 10 nitrogen and oxygen atoms in total. The molecule has 0 atom stereocenters. The van der Waals surface area contributed by atoms with Gasteiger partial charge in [-0.2, -0.15) is 4.57 Å². The zero-order chi connectivity index (χ0) is 28.9. The Balaban J connectivity index is 1.20. The Morgan fingerprint density at radius 3 is 2.37 bits per heavy atom. The van der Waals surface area contributed by atoms with Gasteiger partial charge in [0.05, 0.1) is 13.2 Å². The van der Waals surface area contributed by atoms with Crippen molar-refractivity contribution >= 4 is 23.8 Å². The number of urea groups is 1. The lowest BCUT2D eigenvalue weighted by atomic mass is 9.98. The highest BCUT2D eigenvalue weighted by Gasteiger charge is 2.10. The maximum atomic E-state index is 12.4. The zero-order valence-electron chi connectivity index (χ0n) is 22.3. The van der Waals surface area contributed by atoms with Crippen LogP contribution in [0.2, 0.25) is 0 Å². The second-order valence-corrected chi connectivity index (χ2v) is 8.99. The Morgan fingerprint density at radius 2 is 1.59 bits per heavy atom. The fraction of sp³-hybridized carbons (Fsp3) is 0.161. The molecular weight excluding hydrogens is 524 g/mol. The van der Waals surface area contributed by atoms with Crippen molar-refractivity contribution in [2.45, 2.75) is 19.7 Å². The van der Waals surface area contributed by atoms with Gasteiger partial charge in [-0.25, -0.2) is 9.59 Å². The van der Waals surface area contributed by atoms with Crippen LogP contribution in [0.4, 0.5) is 15.3 Å². The summed E-state index contributed by atoms with van der Waals surface area (Å²) in [6, 6.07) is 28.9. The summed E-state index contributed by atoms with van der Waals surface area (Å²) < 4.78 is 12.5. The van der Waals surface area contributed by atoms with Gasteiger partial charge in [0.25, 0.3) is 6.73 Å². The van der Waals surface area contributed by atoms with Crippen molar-refractivity contribution in [2.24, 2.45) is 0 Å². The minimum absolute atomic E-state index is 0.112. The van der Waals surface area contributed by atoms with Crippen LogP contribution in [0.15, 0.2) is 103 Å². The molecule has 0 radical (unpaired) electrons. The van der Waals surface area contributed by atoms with Crippen molar-refractivity contribution in [3.8, 4) is 16.9 Å². The van der Waals surface area contributed by atoms with E-state index in [0.29, 0.717) is 18.0 Å². The van der Waals surface area contributed by atoms with E-state index in [2.05, 4.69) is 40.2 Å². The van der Waals surface area contributed by atoms with Crippen molar-refractivity contribution in [2.75, 3.05) is 18.5 Å².